The van der Waals surface area contributed by atoms with Gasteiger partial charge in [0.25, 0.3) is 5.91 Å². The highest BCUT2D eigenvalue weighted by molar-refractivity contribution is 14.1. The lowest BCUT2D eigenvalue weighted by atomic mass is 10.2. The van der Waals surface area contributed by atoms with Gasteiger partial charge in [-0.15, -0.1) is 0 Å². The first-order valence-corrected chi connectivity index (χ1v) is 7.31. The summed E-state index contributed by atoms with van der Waals surface area (Å²) >= 11 is 2.07. The Hall–Kier alpha value is -2.16. The predicted octanol–water partition coefficient (Wildman–Crippen LogP) is 2.27. The summed E-state index contributed by atoms with van der Waals surface area (Å²) in [5.74, 6) is -0.282. The monoisotopic (exact) mass is 393 g/mol. The lowest BCUT2D eigenvalue weighted by Crippen LogP contribution is -2.21. The first kappa shape index (κ1) is 13.8. The fourth-order valence-electron chi connectivity index (χ4n) is 2.08. The third-order valence-corrected chi connectivity index (χ3v) is 3.89. The molecule has 2 N–H and O–H groups in total. The molecule has 21 heavy (non-hydrogen) atoms. The van der Waals surface area contributed by atoms with E-state index in [1.165, 1.54) is 4.68 Å². The number of hydrogen-bond acceptors (Lipinski definition) is 3. The van der Waals surface area contributed by atoms with Gasteiger partial charge in [0.05, 0.1) is 16.0 Å². The molecule has 3 aromatic rings. The van der Waals surface area contributed by atoms with Gasteiger partial charge in [0.2, 0.25) is 0 Å². The molecule has 0 fully saturated rings. The summed E-state index contributed by atoms with van der Waals surface area (Å²) in [6.45, 7) is 0. The Kier molecular flexibility index (Phi) is 3.74. The summed E-state index contributed by atoms with van der Waals surface area (Å²) in [5, 5.41) is 9.10. The van der Waals surface area contributed by atoms with E-state index in [0.717, 1.165) is 20.0 Å². The summed E-state index contributed by atoms with van der Waals surface area (Å²) in [4.78, 5) is 15.2. The maximum absolute atomic E-state index is 12.0. The van der Waals surface area contributed by atoms with Crippen molar-refractivity contribution >= 4 is 45.6 Å². The van der Waals surface area contributed by atoms with Crippen LogP contribution in [0.3, 0.4) is 0 Å². The molecule has 0 aliphatic rings. The average molecular weight is 393 g/mol. The van der Waals surface area contributed by atoms with Crippen LogP contribution in [0.15, 0.2) is 41.8 Å². The van der Waals surface area contributed by atoms with Gasteiger partial charge in [-0.05, 0) is 28.7 Å². The van der Waals surface area contributed by atoms with Crippen molar-refractivity contribution in [1.82, 2.24) is 20.2 Å². The second kappa shape index (κ2) is 5.68. The van der Waals surface area contributed by atoms with E-state index in [0.29, 0.717) is 5.69 Å². The number of hydrogen-bond donors (Lipinski definition) is 2. The predicted molar refractivity (Wildman–Crippen MR) is 89.3 cm³/mol. The molecule has 0 saturated heterocycles. The third-order valence-electron chi connectivity index (χ3n) is 3.10. The molecule has 0 saturated carbocycles. The number of H-pyrrole nitrogens is 1. The lowest BCUT2D eigenvalue weighted by Gasteiger charge is -2.00. The van der Waals surface area contributed by atoms with Crippen LogP contribution in [0.2, 0.25) is 0 Å². The lowest BCUT2D eigenvalue weighted by molar-refractivity contribution is 0.0945. The molecule has 2 aromatic heterocycles. The van der Waals surface area contributed by atoms with E-state index in [-0.39, 0.29) is 5.91 Å². The van der Waals surface area contributed by atoms with Crippen LogP contribution < -0.4 is 5.43 Å². The minimum atomic E-state index is -0.282. The Morgan fingerprint density at radius 1 is 1.48 bits per heavy atom. The summed E-state index contributed by atoms with van der Waals surface area (Å²) in [6, 6.07) is 7.91. The minimum Gasteiger partial charge on any atom is -0.361 e. The maximum Gasteiger partial charge on any atom is 0.290 e. The molecule has 0 radical (unpaired) electrons. The molecule has 0 spiro atoms. The van der Waals surface area contributed by atoms with Crippen LogP contribution in [-0.4, -0.2) is 26.9 Å². The number of aromatic amines is 1. The molecule has 0 bridgehead atoms. The van der Waals surface area contributed by atoms with E-state index in [4.69, 9.17) is 0 Å². The van der Waals surface area contributed by atoms with Crippen molar-refractivity contribution in [2.45, 2.75) is 0 Å². The Morgan fingerprint density at radius 3 is 3.05 bits per heavy atom. The molecule has 6 nitrogen and oxygen atoms in total. The molecule has 3 rings (SSSR count). The summed E-state index contributed by atoms with van der Waals surface area (Å²) in [5.41, 5.74) is 4.97. The van der Waals surface area contributed by atoms with Gasteiger partial charge in [-0.3, -0.25) is 9.48 Å². The van der Waals surface area contributed by atoms with Crippen LogP contribution >= 0.6 is 22.6 Å². The van der Waals surface area contributed by atoms with Crippen molar-refractivity contribution in [3.63, 3.8) is 0 Å². The number of fused-ring (bicyclic) bond motifs is 1. The van der Waals surface area contributed by atoms with Crippen molar-refractivity contribution in [1.29, 1.82) is 0 Å². The quantitative estimate of drug-likeness (QED) is 0.407. The van der Waals surface area contributed by atoms with E-state index in [1.54, 1.807) is 19.5 Å². The van der Waals surface area contributed by atoms with Crippen LogP contribution in [0.1, 0.15) is 16.1 Å². The summed E-state index contributed by atoms with van der Waals surface area (Å²) < 4.78 is 2.31. The molecule has 106 valence electrons. The second-order valence-corrected chi connectivity index (χ2v) is 5.62. The van der Waals surface area contributed by atoms with Gasteiger partial charge < -0.3 is 4.98 Å². The molecular formula is C14H12IN5O. The van der Waals surface area contributed by atoms with Gasteiger partial charge in [-0.2, -0.15) is 10.2 Å². The van der Waals surface area contributed by atoms with Gasteiger partial charge in [0.15, 0.2) is 0 Å². The minimum absolute atomic E-state index is 0.282. The SMILES string of the molecule is Cn1ncc(I)c1C(=O)NN=Cc1c[nH]c2ccccc12. The van der Waals surface area contributed by atoms with Gasteiger partial charge >= 0.3 is 0 Å². The van der Waals surface area contributed by atoms with Crippen LogP contribution in [0.5, 0.6) is 0 Å². The molecule has 0 unspecified atom stereocenters. The average Bonchev–Trinajstić information content (AvgIpc) is 3.03. The van der Waals surface area contributed by atoms with E-state index >= 15 is 0 Å². The molecule has 0 atom stereocenters. The van der Waals surface area contributed by atoms with E-state index in [9.17, 15) is 4.79 Å². The Morgan fingerprint density at radius 2 is 2.29 bits per heavy atom. The van der Waals surface area contributed by atoms with Gasteiger partial charge in [-0.1, -0.05) is 18.2 Å². The highest BCUT2D eigenvalue weighted by Crippen LogP contribution is 2.15. The molecule has 2 heterocycles. The zero-order valence-corrected chi connectivity index (χ0v) is 13.3. The smallest absolute Gasteiger partial charge is 0.290 e. The fraction of sp³-hybridized carbons (Fsp3) is 0.0714. The molecule has 0 aliphatic carbocycles. The van der Waals surface area contributed by atoms with Crippen LogP contribution in [0, 0.1) is 3.57 Å². The number of halogens is 1. The van der Waals surface area contributed by atoms with Crippen molar-refractivity contribution in [2.75, 3.05) is 0 Å². The first-order valence-electron chi connectivity index (χ1n) is 6.24. The van der Waals surface area contributed by atoms with Gasteiger partial charge in [0.1, 0.15) is 5.69 Å². The van der Waals surface area contributed by atoms with Crippen LogP contribution in [0.4, 0.5) is 0 Å². The number of hydrazone groups is 1. The number of amides is 1. The van der Waals surface area contributed by atoms with Crippen molar-refractivity contribution in [3.8, 4) is 0 Å². The number of nitrogens with zero attached hydrogens (tertiary/aromatic N) is 3. The largest absolute Gasteiger partial charge is 0.361 e. The van der Waals surface area contributed by atoms with Gasteiger partial charge in [0, 0.05) is 29.7 Å². The zero-order chi connectivity index (χ0) is 14.8. The van der Waals surface area contributed by atoms with Crippen molar-refractivity contribution in [2.24, 2.45) is 12.1 Å². The molecule has 0 aliphatic heterocycles. The number of benzene rings is 1. The second-order valence-electron chi connectivity index (χ2n) is 4.45. The van der Waals surface area contributed by atoms with E-state index in [2.05, 4.69) is 43.2 Å². The summed E-state index contributed by atoms with van der Waals surface area (Å²) in [6.07, 6.45) is 5.12. The number of aryl methyl sites for hydroxylation is 1. The topological polar surface area (TPSA) is 75.1 Å². The fourth-order valence-corrected chi connectivity index (χ4v) is 2.80. The van der Waals surface area contributed by atoms with Crippen LogP contribution in [-0.2, 0) is 7.05 Å². The number of para-hydroxylation sites is 1. The summed E-state index contributed by atoms with van der Waals surface area (Å²) in [7, 11) is 1.72. The molecule has 1 aromatic carbocycles. The standard InChI is InChI=1S/C14H12IN5O/c1-20-13(11(15)8-18-20)14(21)19-17-7-9-6-16-12-5-3-2-4-10(9)12/h2-8,16H,1H3,(H,19,21). The van der Waals surface area contributed by atoms with Crippen molar-refractivity contribution < 1.29 is 4.79 Å². The van der Waals surface area contributed by atoms with E-state index < -0.39 is 0 Å². The number of carbonyl (C=O) groups is 1. The van der Waals surface area contributed by atoms with Crippen LogP contribution in [0.25, 0.3) is 10.9 Å². The highest BCUT2D eigenvalue weighted by Gasteiger charge is 2.14. The Bertz CT molecular complexity index is 813. The number of aromatic nitrogens is 3. The van der Waals surface area contributed by atoms with E-state index in [1.807, 2.05) is 30.5 Å². The number of carbonyl (C=O) groups excluding carboxylic acids is 1. The Labute approximate surface area is 134 Å². The molecular weight excluding hydrogens is 381 g/mol. The zero-order valence-electron chi connectivity index (χ0n) is 11.2. The molecule has 1 amide bonds. The highest BCUT2D eigenvalue weighted by atomic mass is 127. The number of rotatable bonds is 3. The first-order chi connectivity index (χ1) is 10.2. The Balaban J connectivity index is 1.77. The third kappa shape index (κ3) is 2.68. The number of nitrogens with one attached hydrogen (secondary N) is 2. The van der Waals surface area contributed by atoms with Crippen molar-refractivity contribution in [3.05, 3.63) is 51.5 Å². The normalized spacial score (nSPS) is 11.3. The maximum atomic E-state index is 12.0. The molecule has 7 heteroatoms. The van der Waals surface area contributed by atoms with Gasteiger partial charge in [-0.25, -0.2) is 5.43 Å².